The molecule has 0 aliphatic heterocycles. The second-order valence-electron chi connectivity index (χ2n) is 5.89. The standard InChI is InChI=1S/C17H16N4O5S2/c18-17(22)20-13-6-4-11-5-7-16(9-12(11)8-13)28(25,26)21-14-2-1-3-15(10-14)27(19,23)24/h1-10,21H,(H3,18,20,22)(H2,19,23,24). The van der Waals surface area contributed by atoms with E-state index >= 15 is 0 Å². The Balaban J connectivity index is 1.97. The van der Waals surface area contributed by atoms with E-state index in [0.717, 1.165) is 11.5 Å². The Morgan fingerprint density at radius 1 is 0.786 bits per heavy atom. The molecule has 3 aromatic rings. The number of sulfonamides is 2. The second kappa shape index (κ2) is 7.11. The smallest absolute Gasteiger partial charge is 0.316 e. The topological polar surface area (TPSA) is 161 Å². The highest BCUT2D eigenvalue weighted by Crippen LogP contribution is 2.25. The minimum Gasteiger partial charge on any atom is -0.351 e. The van der Waals surface area contributed by atoms with Gasteiger partial charge in [0.1, 0.15) is 0 Å². The molecule has 0 aromatic heterocycles. The molecule has 28 heavy (non-hydrogen) atoms. The van der Waals surface area contributed by atoms with Gasteiger partial charge in [0.25, 0.3) is 10.0 Å². The first kappa shape index (κ1) is 19.6. The first-order valence-corrected chi connectivity index (χ1v) is 10.8. The van der Waals surface area contributed by atoms with Crippen LogP contribution in [0.5, 0.6) is 0 Å². The highest BCUT2D eigenvalue weighted by molar-refractivity contribution is 7.92. The molecule has 0 saturated heterocycles. The predicted molar refractivity (Wildman–Crippen MR) is 106 cm³/mol. The van der Waals surface area contributed by atoms with Crippen LogP contribution in [0.2, 0.25) is 0 Å². The van der Waals surface area contributed by atoms with Gasteiger partial charge in [-0.3, -0.25) is 4.72 Å². The first-order valence-electron chi connectivity index (χ1n) is 7.80. The van der Waals surface area contributed by atoms with E-state index < -0.39 is 26.1 Å². The fourth-order valence-electron chi connectivity index (χ4n) is 2.56. The third-order valence-corrected chi connectivity index (χ3v) is 6.09. The van der Waals surface area contributed by atoms with Crippen LogP contribution in [-0.4, -0.2) is 22.9 Å². The van der Waals surface area contributed by atoms with Crippen molar-refractivity contribution < 1.29 is 21.6 Å². The summed E-state index contributed by atoms with van der Waals surface area (Å²) in [6, 6.07) is 13.8. The van der Waals surface area contributed by atoms with E-state index in [9.17, 15) is 21.6 Å². The summed E-state index contributed by atoms with van der Waals surface area (Å²) >= 11 is 0. The molecule has 0 bridgehead atoms. The zero-order chi connectivity index (χ0) is 20.5. The lowest BCUT2D eigenvalue weighted by molar-refractivity contribution is 0.259. The number of fused-ring (bicyclic) bond motifs is 1. The van der Waals surface area contributed by atoms with Gasteiger partial charge in [0, 0.05) is 5.69 Å². The van der Waals surface area contributed by atoms with Gasteiger partial charge in [-0.1, -0.05) is 18.2 Å². The van der Waals surface area contributed by atoms with Crippen molar-refractivity contribution in [1.29, 1.82) is 0 Å². The Morgan fingerprint density at radius 3 is 2.18 bits per heavy atom. The van der Waals surface area contributed by atoms with Gasteiger partial charge in [-0.05, 0) is 53.2 Å². The van der Waals surface area contributed by atoms with Crippen molar-refractivity contribution in [3.05, 3.63) is 60.7 Å². The number of anilines is 2. The highest BCUT2D eigenvalue weighted by atomic mass is 32.2. The number of nitrogens with one attached hydrogen (secondary N) is 2. The van der Waals surface area contributed by atoms with Crippen LogP contribution in [0, 0.1) is 0 Å². The zero-order valence-electron chi connectivity index (χ0n) is 14.3. The Hall–Kier alpha value is -3.15. The quantitative estimate of drug-likeness (QED) is 0.494. The van der Waals surface area contributed by atoms with E-state index in [1.54, 1.807) is 24.3 Å². The molecule has 9 nitrogen and oxygen atoms in total. The number of amides is 2. The molecular weight excluding hydrogens is 404 g/mol. The van der Waals surface area contributed by atoms with Crippen LogP contribution in [0.1, 0.15) is 0 Å². The molecule has 0 heterocycles. The number of nitrogens with two attached hydrogens (primary N) is 2. The normalized spacial score (nSPS) is 11.9. The molecule has 3 aromatic carbocycles. The number of urea groups is 1. The average molecular weight is 420 g/mol. The number of hydrogen-bond acceptors (Lipinski definition) is 5. The predicted octanol–water partition coefficient (Wildman–Crippen LogP) is 1.78. The maximum atomic E-state index is 12.7. The average Bonchev–Trinajstić information content (AvgIpc) is 2.59. The van der Waals surface area contributed by atoms with Crippen LogP contribution in [0.4, 0.5) is 16.2 Å². The maximum Gasteiger partial charge on any atom is 0.316 e. The van der Waals surface area contributed by atoms with E-state index in [-0.39, 0.29) is 15.5 Å². The molecular formula is C17H16N4O5S2. The van der Waals surface area contributed by atoms with Crippen molar-refractivity contribution in [3.63, 3.8) is 0 Å². The van der Waals surface area contributed by atoms with Gasteiger partial charge in [-0.15, -0.1) is 0 Å². The highest BCUT2D eigenvalue weighted by Gasteiger charge is 2.16. The SMILES string of the molecule is NC(=O)Nc1ccc2ccc(S(=O)(=O)Nc3cccc(S(N)(=O)=O)c3)cc2c1. The fourth-order valence-corrected chi connectivity index (χ4v) is 4.21. The number of primary sulfonamides is 1. The molecule has 3 rings (SSSR count). The summed E-state index contributed by atoms with van der Waals surface area (Å²) in [6.07, 6.45) is 0. The van der Waals surface area contributed by atoms with Crippen LogP contribution in [0.15, 0.2) is 70.5 Å². The number of benzene rings is 3. The Labute approximate surface area is 161 Å². The van der Waals surface area contributed by atoms with Crippen molar-refractivity contribution >= 4 is 48.2 Å². The Bertz CT molecular complexity index is 1290. The van der Waals surface area contributed by atoms with Gasteiger partial charge in [0.05, 0.1) is 15.5 Å². The van der Waals surface area contributed by atoms with Gasteiger partial charge in [-0.2, -0.15) is 0 Å². The van der Waals surface area contributed by atoms with E-state index in [2.05, 4.69) is 10.0 Å². The minimum atomic E-state index is -4.00. The third kappa shape index (κ3) is 4.39. The molecule has 0 saturated carbocycles. The van der Waals surface area contributed by atoms with Gasteiger partial charge < -0.3 is 11.1 Å². The molecule has 0 atom stereocenters. The van der Waals surface area contributed by atoms with Crippen molar-refractivity contribution in [2.45, 2.75) is 9.79 Å². The van der Waals surface area contributed by atoms with Crippen LogP contribution >= 0.6 is 0 Å². The fraction of sp³-hybridized carbons (Fsp3) is 0. The molecule has 0 fully saturated rings. The number of carbonyl (C=O) groups excluding carboxylic acids is 1. The lowest BCUT2D eigenvalue weighted by Crippen LogP contribution is -2.19. The van der Waals surface area contributed by atoms with Crippen LogP contribution in [-0.2, 0) is 20.0 Å². The van der Waals surface area contributed by atoms with Crippen molar-refractivity contribution in [3.8, 4) is 0 Å². The molecule has 146 valence electrons. The maximum absolute atomic E-state index is 12.7. The van der Waals surface area contributed by atoms with Crippen molar-refractivity contribution in [2.24, 2.45) is 10.9 Å². The number of hydrogen-bond donors (Lipinski definition) is 4. The third-order valence-electron chi connectivity index (χ3n) is 3.80. The molecule has 11 heteroatoms. The summed E-state index contributed by atoms with van der Waals surface area (Å²) in [4.78, 5) is 10.7. The van der Waals surface area contributed by atoms with Crippen LogP contribution in [0.25, 0.3) is 10.8 Å². The van der Waals surface area contributed by atoms with Gasteiger partial charge in [0.2, 0.25) is 10.0 Å². The number of rotatable bonds is 5. The van der Waals surface area contributed by atoms with Crippen molar-refractivity contribution in [1.82, 2.24) is 0 Å². The second-order valence-corrected chi connectivity index (χ2v) is 9.14. The summed E-state index contributed by atoms with van der Waals surface area (Å²) in [5, 5.41) is 8.81. The summed E-state index contributed by atoms with van der Waals surface area (Å²) in [5.41, 5.74) is 5.56. The summed E-state index contributed by atoms with van der Waals surface area (Å²) in [6.45, 7) is 0. The zero-order valence-corrected chi connectivity index (χ0v) is 15.9. The Morgan fingerprint density at radius 2 is 1.50 bits per heavy atom. The van der Waals surface area contributed by atoms with E-state index in [0.29, 0.717) is 11.1 Å². The molecule has 0 spiro atoms. The number of carbonyl (C=O) groups is 1. The molecule has 0 unspecified atom stereocenters. The molecule has 2 amide bonds. The van der Waals surface area contributed by atoms with E-state index in [1.165, 1.54) is 30.3 Å². The summed E-state index contributed by atoms with van der Waals surface area (Å²) < 4.78 is 50.6. The lowest BCUT2D eigenvalue weighted by Gasteiger charge is -2.10. The Kier molecular flexibility index (Phi) is 4.98. The lowest BCUT2D eigenvalue weighted by atomic mass is 10.1. The van der Waals surface area contributed by atoms with Crippen LogP contribution in [0.3, 0.4) is 0 Å². The molecule has 0 aliphatic carbocycles. The molecule has 0 radical (unpaired) electrons. The van der Waals surface area contributed by atoms with Crippen LogP contribution < -0.4 is 20.9 Å². The molecule has 6 N–H and O–H groups in total. The largest absolute Gasteiger partial charge is 0.351 e. The summed E-state index contributed by atoms with van der Waals surface area (Å²) in [5.74, 6) is 0. The summed E-state index contributed by atoms with van der Waals surface area (Å²) in [7, 11) is -7.97. The van der Waals surface area contributed by atoms with Gasteiger partial charge in [-0.25, -0.2) is 26.8 Å². The first-order chi connectivity index (χ1) is 13.0. The van der Waals surface area contributed by atoms with E-state index in [1.807, 2.05) is 0 Å². The molecule has 0 aliphatic rings. The van der Waals surface area contributed by atoms with E-state index in [4.69, 9.17) is 10.9 Å². The van der Waals surface area contributed by atoms with Crippen molar-refractivity contribution in [2.75, 3.05) is 10.0 Å². The minimum absolute atomic E-state index is 0.0442. The number of primary amides is 1. The monoisotopic (exact) mass is 420 g/mol. The van der Waals surface area contributed by atoms with Gasteiger partial charge >= 0.3 is 6.03 Å². The van der Waals surface area contributed by atoms with Gasteiger partial charge in [0.15, 0.2) is 0 Å².